The first kappa shape index (κ1) is 10.6. The zero-order valence-corrected chi connectivity index (χ0v) is 8.54. The first-order valence-corrected chi connectivity index (χ1v) is 5.05. The summed E-state index contributed by atoms with van der Waals surface area (Å²) in [6.07, 6.45) is 0.356. The van der Waals surface area contributed by atoms with Crippen molar-refractivity contribution in [3.05, 3.63) is 35.9 Å². The Labute approximate surface area is 84.4 Å². The molecule has 2 unspecified atom stereocenters. The number of benzene rings is 1. The second-order valence-electron chi connectivity index (χ2n) is 3.39. The van der Waals surface area contributed by atoms with Crippen LogP contribution in [-0.2, 0) is 6.42 Å². The van der Waals surface area contributed by atoms with Crippen LogP contribution in [-0.4, -0.2) is 17.1 Å². The molecule has 1 aromatic carbocycles. The monoisotopic (exact) mass is 198 g/mol. The minimum Gasteiger partial charge on any atom is -0.392 e. The summed E-state index contributed by atoms with van der Waals surface area (Å²) in [6, 6.07) is 9.97. The molecular weight excluding hydrogens is 184 g/mol. The van der Waals surface area contributed by atoms with E-state index in [9.17, 15) is 5.11 Å². The van der Waals surface area contributed by atoms with E-state index in [-0.39, 0.29) is 12.0 Å². The van der Waals surface area contributed by atoms with Crippen molar-refractivity contribution in [2.24, 2.45) is 5.92 Å². The third-order valence-corrected chi connectivity index (χ3v) is 2.67. The standard InChI is InChI=1S/C11H15ClO/c1-9(8-12)11(13)7-10-5-3-2-4-6-10/h2-6,9,11,13H,7-8H2,1H3. The van der Waals surface area contributed by atoms with Crippen molar-refractivity contribution in [3.63, 3.8) is 0 Å². The molecule has 1 N–H and O–H groups in total. The highest BCUT2D eigenvalue weighted by Gasteiger charge is 2.12. The van der Waals surface area contributed by atoms with Crippen molar-refractivity contribution in [3.8, 4) is 0 Å². The van der Waals surface area contributed by atoms with Gasteiger partial charge in [0.2, 0.25) is 0 Å². The Morgan fingerprint density at radius 3 is 2.46 bits per heavy atom. The predicted octanol–water partition coefficient (Wildman–Crippen LogP) is 2.46. The average molecular weight is 199 g/mol. The Morgan fingerprint density at radius 1 is 1.31 bits per heavy atom. The molecule has 2 heteroatoms. The molecule has 72 valence electrons. The summed E-state index contributed by atoms with van der Waals surface area (Å²) in [4.78, 5) is 0. The first-order valence-electron chi connectivity index (χ1n) is 4.52. The van der Waals surface area contributed by atoms with Gasteiger partial charge >= 0.3 is 0 Å². The predicted molar refractivity (Wildman–Crippen MR) is 56.0 cm³/mol. The Morgan fingerprint density at radius 2 is 1.92 bits per heavy atom. The molecule has 0 fully saturated rings. The van der Waals surface area contributed by atoms with E-state index in [2.05, 4.69) is 0 Å². The van der Waals surface area contributed by atoms with Gasteiger partial charge in [-0.25, -0.2) is 0 Å². The van der Waals surface area contributed by atoms with Gasteiger partial charge < -0.3 is 5.11 Å². The molecule has 0 aliphatic rings. The second kappa shape index (κ2) is 5.25. The topological polar surface area (TPSA) is 20.2 Å². The molecule has 0 aliphatic carbocycles. The molecule has 0 bridgehead atoms. The van der Waals surface area contributed by atoms with E-state index in [4.69, 9.17) is 11.6 Å². The van der Waals surface area contributed by atoms with E-state index >= 15 is 0 Å². The fraction of sp³-hybridized carbons (Fsp3) is 0.455. The summed E-state index contributed by atoms with van der Waals surface area (Å²) in [7, 11) is 0. The van der Waals surface area contributed by atoms with Crippen molar-refractivity contribution in [1.82, 2.24) is 0 Å². The van der Waals surface area contributed by atoms with Crippen LogP contribution < -0.4 is 0 Å². The zero-order chi connectivity index (χ0) is 9.68. The van der Waals surface area contributed by atoms with Crippen LogP contribution >= 0.6 is 11.6 Å². The highest BCUT2D eigenvalue weighted by Crippen LogP contribution is 2.11. The maximum Gasteiger partial charge on any atom is 0.0617 e. The van der Waals surface area contributed by atoms with Gasteiger partial charge in [0, 0.05) is 5.88 Å². The average Bonchev–Trinajstić information content (AvgIpc) is 2.18. The largest absolute Gasteiger partial charge is 0.392 e. The number of rotatable bonds is 4. The quantitative estimate of drug-likeness (QED) is 0.737. The van der Waals surface area contributed by atoms with Crippen molar-refractivity contribution in [1.29, 1.82) is 0 Å². The molecule has 0 amide bonds. The SMILES string of the molecule is CC(CCl)C(O)Cc1ccccc1. The third kappa shape index (κ3) is 3.37. The fourth-order valence-electron chi connectivity index (χ4n) is 1.16. The Balaban J connectivity index is 2.50. The number of alkyl halides is 1. The molecule has 0 heterocycles. The number of halogens is 1. The molecule has 13 heavy (non-hydrogen) atoms. The summed E-state index contributed by atoms with van der Waals surface area (Å²) in [5, 5.41) is 9.69. The van der Waals surface area contributed by atoms with Gasteiger partial charge in [-0.05, 0) is 17.9 Å². The van der Waals surface area contributed by atoms with Crippen LogP contribution in [0.1, 0.15) is 12.5 Å². The summed E-state index contributed by atoms with van der Waals surface area (Å²) in [5.41, 5.74) is 1.16. The van der Waals surface area contributed by atoms with Gasteiger partial charge in [-0.3, -0.25) is 0 Å². The zero-order valence-electron chi connectivity index (χ0n) is 7.78. The van der Waals surface area contributed by atoms with Crippen LogP contribution in [0.15, 0.2) is 30.3 Å². The molecule has 1 aromatic rings. The van der Waals surface area contributed by atoms with Gasteiger partial charge in [0.1, 0.15) is 0 Å². The Bertz CT molecular complexity index is 235. The number of aliphatic hydroxyl groups excluding tert-OH is 1. The lowest BCUT2D eigenvalue weighted by Crippen LogP contribution is -2.21. The number of aliphatic hydroxyl groups is 1. The third-order valence-electron chi connectivity index (χ3n) is 2.19. The Hall–Kier alpha value is -0.530. The van der Waals surface area contributed by atoms with Crippen LogP contribution in [0.2, 0.25) is 0 Å². The highest BCUT2D eigenvalue weighted by molar-refractivity contribution is 6.18. The molecule has 1 nitrogen and oxygen atoms in total. The van der Waals surface area contributed by atoms with Crippen LogP contribution in [0.25, 0.3) is 0 Å². The first-order chi connectivity index (χ1) is 6.24. The van der Waals surface area contributed by atoms with Crippen LogP contribution in [0.3, 0.4) is 0 Å². The van der Waals surface area contributed by atoms with E-state index < -0.39 is 0 Å². The van der Waals surface area contributed by atoms with Crippen molar-refractivity contribution in [2.75, 3.05) is 5.88 Å². The highest BCUT2D eigenvalue weighted by atomic mass is 35.5. The van der Waals surface area contributed by atoms with Gasteiger partial charge in [0.15, 0.2) is 0 Å². The van der Waals surface area contributed by atoms with Gasteiger partial charge in [0.25, 0.3) is 0 Å². The van der Waals surface area contributed by atoms with E-state index in [0.29, 0.717) is 12.3 Å². The molecule has 0 saturated carbocycles. The van der Waals surface area contributed by atoms with Crippen LogP contribution in [0.5, 0.6) is 0 Å². The smallest absolute Gasteiger partial charge is 0.0617 e. The van der Waals surface area contributed by atoms with E-state index in [1.54, 1.807) is 0 Å². The summed E-state index contributed by atoms with van der Waals surface area (Å²) in [6.45, 7) is 1.96. The van der Waals surface area contributed by atoms with Gasteiger partial charge in [-0.2, -0.15) is 0 Å². The van der Waals surface area contributed by atoms with Crippen molar-refractivity contribution >= 4 is 11.6 Å². The van der Waals surface area contributed by atoms with Crippen LogP contribution in [0.4, 0.5) is 0 Å². The summed E-state index contributed by atoms with van der Waals surface area (Å²) >= 11 is 5.65. The summed E-state index contributed by atoms with van der Waals surface area (Å²) < 4.78 is 0. The number of hydrogen-bond acceptors (Lipinski definition) is 1. The summed E-state index contributed by atoms with van der Waals surface area (Å²) in [5.74, 6) is 0.662. The molecule has 1 rings (SSSR count). The molecular formula is C11H15ClO. The normalized spacial score (nSPS) is 15.3. The molecule has 0 aliphatic heterocycles. The Kier molecular flexibility index (Phi) is 4.26. The van der Waals surface area contributed by atoms with Gasteiger partial charge in [-0.15, -0.1) is 11.6 Å². The molecule has 0 radical (unpaired) electrons. The van der Waals surface area contributed by atoms with Gasteiger partial charge in [0.05, 0.1) is 6.10 Å². The van der Waals surface area contributed by atoms with E-state index in [1.807, 2.05) is 37.3 Å². The van der Waals surface area contributed by atoms with Crippen LogP contribution in [0, 0.1) is 5.92 Å². The number of hydrogen-bond donors (Lipinski definition) is 1. The minimum absolute atomic E-state index is 0.155. The van der Waals surface area contributed by atoms with Gasteiger partial charge in [-0.1, -0.05) is 37.3 Å². The molecule has 2 atom stereocenters. The van der Waals surface area contributed by atoms with Crippen molar-refractivity contribution in [2.45, 2.75) is 19.4 Å². The van der Waals surface area contributed by atoms with E-state index in [1.165, 1.54) is 0 Å². The minimum atomic E-state index is -0.333. The lowest BCUT2D eigenvalue weighted by Gasteiger charge is -2.15. The maximum absolute atomic E-state index is 9.69. The molecule has 0 aromatic heterocycles. The maximum atomic E-state index is 9.69. The van der Waals surface area contributed by atoms with Crippen molar-refractivity contribution < 1.29 is 5.11 Å². The van der Waals surface area contributed by atoms with E-state index in [0.717, 1.165) is 5.56 Å². The lowest BCUT2D eigenvalue weighted by molar-refractivity contribution is 0.127. The second-order valence-corrected chi connectivity index (χ2v) is 3.70. The molecule has 0 spiro atoms. The lowest BCUT2D eigenvalue weighted by atomic mass is 9.99. The fourth-order valence-corrected chi connectivity index (χ4v) is 1.37. The molecule has 0 saturated heterocycles.